The summed E-state index contributed by atoms with van der Waals surface area (Å²) in [4.78, 5) is 35.7. The van der Waals surface area contributed by atoms with E-state index in [0.717, 1.165) is 10.6 Å². The van der Waals surface area contributed by atoms with Crippen molar-refractivity contribution in [2.24, 2.45) is 0 Å². The Labute approximate surface area is 175 Å². The number of para-hydroxylation sites is 1. The number of hydrogen-bond acceptors (Lipinski definition) is 6. The number of H-pyrrole nitrogens is 1. The molecule has 0 amide bonds. The number of rotatable bonds is 7. The summed E-state index contributed by atoms with van der Waals surface area (Å²) in [7, 11) is 0. The predicted octanol–water partition coefficient (Wildman–Crippen LogP) is 4.25. The zero-order valence-electron chi connectivity index (χ0n) is 15.9. The van der Waals surface area contributed by atoms with Crippen LogP contribution in [0, 0.1) is 5.82 Å². The van der Waals surface area contributed by atoms with Crippen LogP contribution in [0.2, 0.25) is 0 Å². The van der Waals surface area contributed by atoms with Gasteiger partial charge in [-0.1, -0.05) is 12.1 Å². The van der Waals surface area contributed by atoms with Crippen molar-refractivity contribution in [2.75, 3.05) is 0 Å². The van der Waals surface area contributed by atoms with E-state index in [0.29, 0.717) is 35.3 Å². The molecule has 4 rings (SSSR count). The lowest BCUT2D eigenvalue weighted by Crippen LogP contribution is -2.12. The molecular weight excluding hydrogens is 405 g/mol. The van der Waals surface area contributed by atoms with Crippen LogP contribution in [0.4, 0.5) is 4.39 Å². The maximum atomic E-state index is 13.0. The fourth-order valence-electron chi connectivity index (χ4n) is 2.98. The van der Waals surface area contributed by atoms with E-state index in [9.17, 15) is 14.0 Å². The first-order chi connectivity index (χ1) is 14.6. The molecule has 0 unspecified atom stereocenters. The standard InChI is InChI=1S/C22H18FN3O3S/c23-15-10-8-14(9-11-15)22-24-16(13-30-22)12-29-20(27)7-3-6-19-25-18-5-2-1-4-17(18)21(28)26-19/h1-2,4-5,8-11,13H,3,6-7,12H2,(H,25,26,28). The lowest BCUT2D eigenvalue weighted by atomic mass is 10.2. The molecule has 2 aromatic heterocycles. The first kappa shape index (κ1) is 19.9. The number of hydrogen-bond donors (Lipinski definition) is 1. The third-order valence-electron chi connectivity index (χ3n) is 4.48. The van der Waals surface area contributed by atoms with Crippen LogP contribution in [-0.2, 0) is 22.6 Å². The predicted molar refractivity (Wildman–Crippen MR) is 113 cm³/mol. The number of aryl methyl sites for hydroxylation is 1. The average molecular weight is 423 g/mol. The largest absolute Gasteiger partial charge is 0.459 e. The number of halogens is 1. The normalized spacial score (nSPS) is 11.0. The molecule has 0 saturated heterocycles. The lowest BCUT2D eigenvalue weighted by molar-refractivity contribution is -0.145. The quantitative estimate of drug-likeness (QED) is 0.449. The highest BCUT2D eigenvalue weighted by atomic mass is 32.1. The minimum absolute atomic E-state index is 0.0849. The third-order valence-corrected chi connectivity index (χ3v) is 5.42. The summed E-state index contributed by atoms with van der Waals surface area (Å²) in [6.07, 6.45) is 1.20. The second-order valence-corrected chi connectivity index (χ2v) is 7.55. The molecule has 0 aliphatic carbocycles. The Balaban J connectivity index is 1.27. The number of esters is 1. The fraction of sp³-hybridized carbons (Fsp3) is 0.182. The van der Waals surface area contributed by atoms with Gasteiger partial charge in [-0.3, -0.25) is 9.59 Å². The van der Waals surface area contributed by atoms with Crippen molar-refractivity contribution in [1.29, 1.82) is 0 Å². The Bertz CT molecular complexity index is 1230. The highest BCUT2D eigenvalue weighted by molar-refractivity contribution is 7.13. The second kappa shape index (κ2) is 8.96. The highest BCUT2D eigenvalue weighted by Crippen LogP contribution is 2.24. The van der Waals surface area contributed by atoms with Gasteiger partial charge in [-0.05, 0) is 42.8 Å². The van der Waals surface area contributed by atoms with Crippen LogP contribution in [-0.4, -0.2) is 20.9 Å². The Morgan fingerprint density at radius 2 is 1.90 bits per heavy atom. The number of benzene rings is 2. The molecular formula is C22H18FN3O3S. The van der Waals surface area contributed by atoms with E-state index >= 15 is 0 Å². The first-order valence-corrected chi connectivity index (χ1v) is 10.3. The minimum Gasteiger partial charge on any atom is -0.459 e. The SMILES string of the molecule is O=C(CCCc1nc2ccccc2c(=O)[nH]1)OCc1csc(-c2ccc(F)cc2)n1. The molecule has 2 heterocycles. The van der Waals surface area contributed by atoms with Gasteiger partial charge in [-0.25, -0.2) is 14.4 Å². The molecule has 152 valence electrons. The van der Waals surface area contributed by atoms with E-state index in [1.807, 2.05) is 11.4 Å². The van der Waals surface area contributed by atoms with Gasteiger partial charge in [0.05, 0.1) is 16.6 Å². The van der Waals surface area contributed by atoms with E-state index in [2.05, 4.69) is 15.0 Å². The number of aromatic nitrogens is 3. The van der Waals surface area contributed by atoms with E-state index in [1.165, 1.54) is 23.5 Å². The summed E-state index contributed by atoms with van der Waals surface area (Å²) in [5, 5.41) is 3.10. The van der Waals surface area contributed by atoms with Gasteiger partial charge in [0.1, 0.15) is 23.3 Å². The van der Waals surface area contributed by atoms with Crippen LogP contribution in [0.25, 0.3) is 21.5 Å². The van der Waals surface area contributed by atoms with Crippen molar-refractivity contribution in [3.8, 4) is 10.6 Å². The van der Waals surface area contributed by atoms with Crippen molar-refractivity contribution >= 4 is 28.2 Å². The first-order valence-electron chi connectivity index (χ1n) is 9.42. The molecule has 0 saturated carbocycles. The zero-order chi connectivity index (χ0) is 20.9. The van der Waals surface area contributed by atoms with Gasteiger partial charge < -0.3 is 9.72 Å². The lowest BCUT2D eigenvalue weighted by Gasteiger charge is -2.04. The van der Waals surface area contributed by atoms with Crippen LogP contribution < -0.4 is 5.56 Å². The van der Waals surface area contributed by atoms with Gasteiger partial charge >= 0.3 is 5.97 Å². The summed E-state index contributed by atoms with van der Waals surface area (Å²) in [5.74, 6) is -0.0863. The zero-order valence-corrected chi connectivity index (χ0v) is 16.7. The molecule has 0 aliphatic heterocycles. The molecule has 0 atom stereocenters. The van der Waals surface area contributed by atoms with Crippen molar-refractivity contribution in [1.82, 2.24) is 15.0 Å². The van der Waals surface area contributed by atoms with Crippen LogP contribution >= 0.6 is 11.3 Å². The Morgan fingerprint density at radius 3 is 2.73 bits per heavy atom. The monoisotopic (exact) mass is 423 g/mol. The van der Waals surface area contributed by atoms with Gasteiger partial charge in [0, 0.05) is 23.8 Å². The summed E-state index contributed by atoms with van der Waals surface area (Å²) < 4.78 is 18.3. The van der Waals surface area contributed by atoms with Crippen molar-refractivity contribution in [3.05, 3.63) is 81.6 Å². The molecule has 2 aromatic carbocycles. The van der Waals surface area contributed by atoms with Crippen LogP contribution in [0.3, 0.4) is 0 Å². The molecule has 4 aromatic rings. The molecule has 6 nitrogen and oxygen atoms in total. The van der Waals surface area contributed by atoms with Crippen molar-refractivity contribution in [2.45, 2.75) is 25.9 Å². The maximum absolute atomic E-state index is 13.0. The number of fused-ring (bicyclic) bond motifs is 1. The summed E-state index contributed by atoms with van der Waals surface area (Å²) in [6, 6.07) is 13.2. The van der Waals surface area contributed by atoms with Crippen molar-refractivity contribution < 1.29 is 13.9 Å². The van der Waals surface area contributed by atoms with Crippen LogP contribution in [0.1, 0.15) is 24.4 Å². The van der Waals surface area contributed by atoms with Gasteiger partial charge in [-0.2, -0.15) is 0 Å². The molecule has 0 fully saturated rings. The number of carbonyl (C=O) groups is 1. The van der Waals surface area contributed by atoms with Gasteiger partial charge in [0.2, 0.25) is 0 Å². The molecule has 0 radical (unpaired) electrons. The van der Waals surface area contributed by atoms with Gasteiger partial charge in [0.25, 0.3) is 5.56 Å². The summed E-state index contributed by atoms with van der Waals surface area (Å²) >= 11 is 1.41. The Hall–Kier alpha value is -3.39. The molecule has 8 heteroatoms. The van der Waals surface area contributed by atoms with Crippen molar-refractivity contribution in [3.63, 3.8) is 0 Å². The fourth-order valence-corrected chi connectivity index (χ4v) is 3.79. The highest BCUT2D eigenvalue weighted by Gasteiger charge is 2.09. The number of nitrogens with one attached hydrogen (secondary N) is 1. The van der Waals surface area contributed by atoms with E-state index < -0.39 is 0 Å². The number of nitrogens with zero attached hydrogens (tertiary/aromatic N) is 2. The van der Waals surface area contributed by atoms with E-state index in [1.54, 1.807) is 30.3 Å². The molecule has 0 bridgehead atoms. The Kier molecular flexibility index (Phi) is 5.94. The smallest absolute Gasteiger partial charge is 0.306 e. The Morgan fingerprint density at radius 1 is 1.10 bits per heavy atom. The van der Waals surface area contributed by atoms with Crippen LogP contribution in [0.15, 0.2) is 58.7 Å². The van der Waals surface area contributed by atoms with Gasteiger partial charge in [0.15, 0.2) is 0 Å². The molecule has 30 heavy (non-hydrogen) atoms. The van der Waals surface area contributed by atoms with E-state index in [4.69, 9.17) is 4.74 Å². The molecule has 0 spiro atoms. The number of thiazole rings is 1. The molecule has 1 N–H and O–H groups in total. The maximum Gasteiger partial charge on any atom is 0.306 e. The topological polar surface area (TPSA) is 84.9 Å². The molecule has 0 aliphatic rings. The van der Waals surface area contributed by atoms with Gasteiger partial charge in [-0.15, -0.1) is 11.3 Å². The minimum atomic E-state index is -0.338. The number of ether oxygens (including phenoxy) is 1. The van der Waals surface area contributed by atoms with E-state index in [-0.39, 0.29) is 30.4 Å². The van der Waals surface area contributed by atoms with Crippen LogP contribution in [0.5, 0.6) is 0 Å². The number of aromatic amines is 1. The summed E-state index contributed by atoms with van der Waals surface area (Å²) in [6.45, 7) is 0.0849. The third kappa shape index (κ3) is 4.77. The number of carbonyl (C=O) groups excluding carboxylic acids is 1. The summed E-state index contributed by atoms with van der Waals surface area (Å²) in [5.41, 5.74) is 1.92. The second-order valence-electron chi connectivity index (χ2n) is 6.69. The average Bonchev–Trinajstić information content (AvgIpc) is 3.22.